The maximum Gasteiger partial charge on any atom is 0.138 e. The number of halogens is 2. The molecule has 0 N–H and O–H groups in total. The molecule has 1 fully saturated rings. The molecule has 1 saturated carbocycles. The molecule has 0 amide bonds. The fraction of sp³-hybridized carbons (Fsp3) is 0.429. The quantitative estimate of drug-likeness (QED) is 0.343. The Morgan fingerprint density at radius 2 is 1.67 bits per heavy atom. The summed E-state index contributed by atoms with van der Waals surface area (Å²) in [5.74, 6) is 0.876. The highest BCUT2D eigenvalue weighted by molar-refractivity contribution is 5.88. The topological polar surface area (TPSA) is 0 Å². The molecule has 1 aliphatic rings. The van der Waals surface area contributed by atoms with Gasteiger partial charge in [0.15, 0.2) is 0 Å². The molecule has 1 aliphatic carbocycles. The molecule has 158 valence electrons. The van der Waals surface area contributed by atoms with Crippen LogP contribution in [0.2, 0.25) is 0 Å². The first kappa shape index (κ1) is 21.0. The zero-order chi connectivity index (χ0) is 20.9. The van der Waals surface area contributed by atoms with Crippen LogP contribution in [0.25, 0.3) is 21.9 Å². The van der Waals surface area contributed by atoms with Crippen molar-refractivity contribution in [1.29, 1.82) is 0 Å². The van der Waals surface area contributed by atoms with Crippen LogP contribution in [0.3, 0.4) is 0 Å². The van der Waals surface area contributed by atoms with Gasteiger partial charge in [-0.25, -0.2) is 8.78 Å². The molecule has 3 aromatic rings. The fourth-order valence-corrected chi connectivity index (χ4v) is 5.09. The predicted octanol–water partition coefficient (Wildman–Crippen LogP) is 9.03. The summed E-state index contributed by atoms with van der Waals surface area (Å²) in [5.41, 5.74) is 2.37. The molecular formula is C28H32F2. The van der Waals surface area contributed by atoms with E-state index in [-0.39, 0.29) is 11.6 Å². The highest BCUT2D eigenvalue weighted by Crippen LogP contribution is 2.39. The number of unbranched alkanes of at least 4 members (excludes halogenated alkanes) is 3. The Bertz CT molecular complexity index is 983. The van der Waals surface area contributed by atoms with Gasteiger partial charge in [-0.05, 0) is 66.2 Å². The molecule has 0 heterocycles. The summed E-state index contributed by atoms with van der Waals surface area (Å²) in [6, 6.07) is 16.1. The number of hydrogen-bond donors (Lipinski definition) is 0. The molecule has 0 aliphatic heterocycles. The molecule has 0 spiro atoms. The summed E-state index contributed by atoms with van der Waals surface area (Å²) in [7, 11) is 0. The van der Waals surface area contributed by atoms with E-state index in [2.05, 4.69) is 19.1 Å². The van der Waals surface area contributed by atoms with E-state index >= 15 is 4.39 Å². The minimum Gasteiger partial charge on any atom is -0.207 e. The molecule has 0 atom stereocenters. The van der Waals surface area contributed by atoms with Crippen LogP contribution in [0.4, 0.5) is 8.78 Å². The predicted molar refractivity (Wildman–Crippen MR) is 123 cm³/mol. The highest BCUT2D eigenvalue weighted by atomic mass is 19.1. The molecule has 0 aromatic heterocycles. The monoisotopic (exact) mass is 406 g/mol. The number of hydrogen-bond acceptors (Lipinski definition) is 0. The summed E-state index contributed by atoms with van der Waals surface area (Å²) in [4.78, 5) is 0. The van der Waals surface area contributed by atoms with E-state index in [0.29, 0.717) is 22.4 Å². The van der Waals surface area contributed by atoms with Crippen molar-refractivity contribution in [3.63, 3.8) is 0 Å². The number of rotatable bonds is 7. The van der Waals surface area contributed by atoms with Crippen molar-refractivity contribution in [2.45, 2.75) is 70.6 Å². The minimum atomic E-state index is -0.344. The van der Waals surface area contributed by atoms with E-state index in [9.17, 15) is 4.39 Å². The smallest absolute Gasteiger partial charge is 0.138 e. The number of fused-ring (bicyclic) bond motifs is 1. The van der Waals surface area contributed by atoms with Gasteiger partial charge in [0.1, 0.15) is 11.6 Å². The van der Waals surface area contributed by atoms with Gasteiger partial charge in [-0.2, -0.15) is 0 Å². The lowest BCUT2D eigenvalue weighted by molar-refractivity contribution is 0.302. The van der Waals surface area contributed by atoms with Crippen molar-refractivity contribution in [2.75, 3.05) is 0 Å². The maximum atomic E-state index is 15.2. The summed E-state index contributed by atoms with van der Waals surface area (Å²) in [6.07, 6.45) is 11.9. The third-order valence-electron chi connectivity index (χ3n) is 6.90. The first-order valence-electron chi connectivity index (χ1n) is 11.6. The average Bonchev–Trinajstić information content (AvgIpc) is 2.77. The Labute approximate surface area is 179 Å². The van der Waals surface area contributed by atoms with Gasteiger partial charge < -0.3 is 0 Å². The third-order valence-corrected chi connectivity index (χ3v) is 6.90. The zero-order valence-electron chi connectivity index (χ0n) is 18.0. The molecule has 0 saturated heterocycles. The highest BCUT2D eigenvalue weighted by Gasteiger charge is 2.22. The van der Waals surface area contributed by atoms with Gasteiger partial charge >= 0.3 is 0 Å². The Morgan fingerprint density at radius 3 is 2.43 bits per heavy atom. The Hall–Kier alpha value is -2.22. The van der Waals surface area contributed by atoms with Crippen LogP contribution in [0.5, 0.6) is 0 Å². The molecule has 0 nitrogen and oxygen atoms in total. The maximum absolute atomic E-state index is 15.2. The van der Waals surface area contributed by atoms with Crippen LogP contribution in [0.15, 0.2) is 54.6 Å². The van der Waals surface area contributed by atoms with Crippen molar-refractivity contribution in [3.05, 3.63) is 71.8 Å². The van der Waals surface area contributed by atoms with Gasteiger partial charge in [0.25, 0.3) is 0 Å². The van der Waals surface area contributed by atoms with Crippen molar-refractivity contribution in [1.82, 2.24) is 0 Å². The van der Waals surface area contributed by atoms with Crippen LogP contribution in [-0.2, 0) is 0 Å². The second-order valence-electron chi connectivity index (χ2n) is 8.99. The fourth-order valence-electron chi connectivity index (χ4n) is 5.09. The molecule has 0 bridgehead atoms. The lowest BCUT2D eigenvalue weighted by Gasteiger charge is -2.29. The van der Waals surface area contributed by atoms with Crippen molar-refractivity contribution >= 4 is 10.8 Å². The summed E-state index contributed by atoms with van der Waals surface area (Å²) >= 11 is 0. The van der Waals surface area contributed by atoms with Crippen LogP contribution in [-0.4, -0.2) is 0 Å². The van der Waals surface area contributed by atoms with Crippen molar-refractivity contribution in [3.8, 4) is 11.1 Å². The Morgan fingerprint density at radius 1 is 0.833 bits per heavy atom. The molecule has 0 unspecified atom stereocenters. The molecule has 3 aromatic carbocycles. The molecule has 2 heteroatoms. The summed E-state index contributed by atoms with van der Waals surface area (Å²) in [5, 5.41) is 1.55. The Balaban J connectivity index is 1.46. The standard InChI is InChI=1S/C28H32F2/c1-2-3-4-5-7-20-10-12-21(13-11-20)22-14-16-27-24(18-22)15-17-26(28(27)30)23-8-6-9-25(29)19-23/h6,8-9,14-21H,2-5,7,10-13H2,1H3/t20-,21-. The van der Waals surface area contributed by atoms with Crippen LogP contribution < -0.4 is 0 Å². The summed E-state index contributed by atoms with van der Waals surface area (Å²) < 4.78 is 28.7. The SMILES string of the molecule is CCCCCC[C@H]1CC[C@H](c2ccc3c(F)c(-c4cccc(F)c4)ccc3c2)CC1. The Kier molecular flexibility index (Phi) is 6.82. The molecule has 4 rings (SSSR count). The number of benzene rings is 3. The molecule has 0 radical (unpaired) electrons. The van der Waals surface area contributed by atoms with E-state index in [4.69, 9.17) is 0 Å². The molecule has 30 heavy (non-hydrogen) atoms. The second kappa shape index (κ2) is 9.73. The van der Waals surface area contributed by atoms with Crippen LogP contribution in [0, 0.1) is 17.6 Å². The lowest BCUT2D eigenvalue weighted by atomic mass is 9.76. The largest absolute Gasteiger partial charge is 0.207 e. The third kappa shape index (κ3) is 4.74. The van der Waals surface area contributed by atoms with Crippen molar-refractivity contribution in [2.24, 2.45) is 5.92 Å². The van der Waals surface area contributed by atoms with E-state index in [1.807, 2.05) is 12.1 Å². The normalized spacial score (nSPS) is 19.3. The first-order valence-corrected chi connectivity index (χ1v) is 11.6. The van der Waals surface area contributed by atoms with Crippen LogP contribution >= 0.6 is 0 Å². The molecular weight excluding hydrogens is 374 g/mol. The minimum absolute atomic E-state index is 0.263. The van der Waals surface area contributed by atoms with Gasteiger partial charge in [-0.1, -0.05) is 81.5 Å². The van der Waals surface area contributed by atoms with Gasteiger partial charge in [0.05, 0.1) is 0 Å². The zero-order valence-corrected chi connectivity index (χ0v) is 18.0. The van der Waals surface area contributed by atoms with Gasteiger partial charge in [-0.3, -0.25) is 0 Å². The van der Waals surface area contributed by atoms with Gasteiger partial charge in [0.2, 0.25) is 0 Å². The lowest BCUT2D eigenvalue weighted by Crippen LogP contribution is -2.13. The average molecular weight is 407 g/mol. The van der Waals surface area contributed by atoms with Crippen LogP contribution in [0.1, 0.15) is 76.2 Å². The second-order valence-corrected chi connectivity index (χ2v) is 8.99. The van der Waals surface area contributed by atoms with E-state index in [0.717, 1.165) is 11.3 Å². The van der Waals surface area contributed by atoms with E-state index < -0.39 is 0 Å². The van der Waals surface area contributed by atoms with Gasteiger partial charge in [-0.15, -0.1) is 0 Å². The summed E-state index contributed by atoms with van der Waals surface area (Å²) in [6.45, 7) is 2.27. The van der Waals surface area contributed by atoms with Crippen molar-refractivity contribution < 1.29 is 8.78 Å². The first-order chi connectivity index (χ1) is 14.7. The van der Waals surface area contributed by atoms with Gasteiger partial charge in [0, 0.05) is 10.9 Å². The van der Waals surface area contributed by atoms with E-state index in [1.165, 1.54) is 75.5 Å². The van der Waals surface area contributed by atoms with E-state index in [1.54, 1.807) is 18.2 Å².